The summed E-state index contributed by atoms with van der Waals surface area (Å²) < 4.78 is 4.75. The van der Waals surface area contributed by atoms with E-state index in [1.807, 2.05) is 12.1 Å². The number of anilines is 1. The average molecular weight is 221 g/mol. The average Bonchev–Trinajstić information content (AvgIpc) is 2.39. The summed E-state index contributed by atoms with van der Waals surface area (Å²) in [6.45, 7) is 1.66. The summed E-state index contributed by atoms with van der Waals surface area (Å²) in [5.41, 5.74) is 0. The van der Waals surface area contributed by atoms with Gasteiger partial charge in [-0.2, -0.15) is 5.10 Å². The van der Waals surface area contributed by atoms with E-state index in [9.17, 15) is 4.79 Å². The molecule has 0 radical (unpaired) electrons. The van der Waals surface area contributed by atoms with Crippen LogP contribution in [0.2, 0.25) is 0 Å². The Morgan fingerprint density at radius 2 is 2.25 bits per heavy atom. The minimum absolute atomic E-state index is 0.0397. The van der Waals surface area contributed by atoms with Crippen LogP contribution < -0.4 is 4.90 Å². The molecule has 1 aliphatic heterocycles. The van der Waals surface area contributed by atoms with Gasteiger partial charge in [-0.25, -0.2) is 0 Å². The molecule has 1 aromatic rings. The van der Waals surface area contributed by atoms with Crippen LogP contribution in [0.15, 0.2) is 18.3 Å². The SMILES string of the molecule is COC(=O)C1CCN(c2cccnn2)CC1. The molecule has 0 bridgehead atoms. The Morgan fingerprint density at radius 1 is 1.50 bits per heavy atom. The first-order chi connectivity index (χ1) is 7.81. The number of hydrogen-bond donors (Lipinski definition) is 0. The van der Waals surface area contributed by atoms with Crippen molar-refractivity contribution in [3.05, 3.63) is 18.3 Å². The minimum Gasteiger partial charge on any atom is -0.469 e. The monoisotopic (exact) mass is 221 g/mol. The number of ether oxygens (including phenoxy) is 1. The zero-order chi connectivity index (χ0) is 11.4. The van der Waals surface area contributed by atoms with E-state index in [0.29, 0.717) is 0 Å². The maximum Gasteiger partial charge on any atom is 0.308 e. The summed E-state index contributed by atoms with van der Waals surface area (Å²) in [5.74, 6) is 0.822. The zero-order valence-electron chi connectivity index (χ0n) is 9.30. The van der Waals surface area contributed by atoms with Crippen molar-refractivity contribution in [1.29, 1.82) is 0 Å². The first-order valence-electron chi connectivity index (χ1n) is 5.41. The lowest BCUT2D eigenvalue weighted by molar-refractivity contribution is -0.146. The molecule has 1 aliphatic rings. The van der Waals surface area contributed by atoms with Gasteiger partial charge in [-0.15, -0.1) is 5.10 Å². The Hall–Kier alpha value is -1.65. The van der Waals surface area contributed by atoms with E-state index >= 15 is 0 Å². The second-order valence-corrected chi connectivity index (χ2v) is 3.87. The highest BCUT2D eigenvalue weighted by atomic mass is 16.5. The fraction of sp³-hybridized carbons (Fsp3) is 0.545. The van der Waals surface area contributed by atoms with Crippen LogP contribution in [0.5, 0.6) is 0 Å². The highest BCUT2D eigenvalue weighted by Gasteiger charge is 2.25. The number of hydrogen-bond acceptors (Lipinski definition) is 5. The lowest BCUT2D eigenvalue weighted by Gasteiger charge is -2.30. The van der Waals surface area contributed by atoms with Gasteiger partial charge in [0.05, 0.1) is 13.0 Å². The summed E-state index contributed by atoms with van der Waals surface area (Å²) in [7, 11) is 1.44. The van der Waals surface area contributed by atoms with E-state index in [-0.39, 0.29) is 11.9 Å². The fourth-order valence-corrected chi connectivity index (χ4v) is 1.97. The van der Waals surface area contributed by atoms with Gasteiger partial charge in [-0.3, -0.25) is 4.79 Å². The second-order valence-electron chi connectivity index (χ2n) is 3.87. The van der Waals surface area contributed by atoms with Gasteiger partial charge in [-0.1, -0.05) is 0 Å². The molecule has 16 heavy (non-hydrogen) atoms. The molecule has 5 nitrogen and oxygen atoms in total. The predicted octanol–water partition coefficient (Wildman–Crippen LogP) is 0.866. The molecule has 0 aliphatic carbocycles. The fourth-order valence-electron chi connectivity index (χ4n) is 1.97. The van der Waals surface area contributed by atoms with Gasteiger partial charge in [0.2, 0.25) is 0 Å². The highest BCUT2D eigenvalue weighted by Crippen LogP contribution is 2.21. The molecule has 2 heterocycles. The van der Waals surface area contributed by atoms with Gasteiger partial charge in [0.1, 0.15) is 0 Å². The van der Waals surface area contributed by atoms with Crippen molar-refractivity contribution < 1.29 is 9.53 Å². The Kier molecular flexibility index (Phi) is 3.34. The molecule has 0 unspecified atom stereocenters. The summed E-state index contributed by atoms with van der Waals surface area (Å²) in [6, 6.07) is 3.81. The molecular formula is C11H15N3O2. The molecule has 0 spiro atoms. The van der Waals surface area contributed by atoms with E-state index in [1.54, 1.807) is 6.20 Å². The van der Waals surface area contributed by atoms with Crippen LogP contribution in [-0.4, -0.2) is 36.4 Å². The number of nitrogens with zero attached hydrogens (tertiary/aromatic N) is 3. The first-order valence-corrected chi connectivity index (χ1v) is 5.41. The Bertz CT molecular complexity index is 348. The molecule has 2 rings (SSSR count). The third-order valence-corrected chi connectivity index (χ3v) is 2.91. The summed E-state index contributed by atoms with van der Waals surface area (Å²) in [5, 5.41) is 7.90. The van der Waals surface area contributed by atoms with E-state index in [1.165, 1.54) is 7.11 Å². The number of methoxy groups -OCH3 is 1. The largest absolute Gasteiger partial charge is 0.469 e. The van der Waals surface area contributed by atoms with Crippen molar-refractivity contribution in [3.8, 4) is 0 Å². The van der Waals surface area contributed by atoms with Crippen LogP contribution in [-0.2, 0) is 9.53 Å². The van der Waals surface area contributed by atoms with Gasteiger partial charge < -0.3 is 9.64 Å². The van der Waals surface area contributed by atoms with Gasteiger partial charge in [0, 0.05) is 19.3 Å². The van der Waals surface area contributed by atoms with Crippen LogP contribution in [0.25, 0.3) is 0 Å². The van der Waals surface area contributed by atoms with E-state index < -0.39 is 0 Å². The number of rotatable bonds is 2. The number of esters is 1. The van der Waals surface area contributed by atoms with Crippen molar-refractivity contribution in [2.24, 2.45) is 5.92 Å². The van der Waals surface area contributed by atoms with Crippen molar-refractivity contribution in [3.63, 3.8) is 0 Å². The highest BCUT2D eigenvalue weighted by molar-refractivity contribution is 5.72. The molecule has 86 valence electrons. The normalized spacial score (nSPS) is 17.2. The summed E-state index contributed by atoms with van der Waals surface area (Å²) in [4.78, 5) is 13.5. The third-order valence-electron chi connectivity index (χ3n) is 2.91. The molecule has 0 N–H and O–H groups in total. The molecule has 1 aromatic heterocycles. The maximum atomic E-state index is 11.3. The van der Waals surface area contributed by atoms with Gasteiger partial charge in [0.15, 0.2) is 5.82 Å². The molecular weight excluding hydrogens is 206 g/mol. The van der Waals surface area contributed by atoms with Crippen molar-refractivity contribution in [2.45, 2.75) is 12.8 Å². The van der Waals surface area contributed by atoms with Gasteiger partial charge in [-0.05, 0) is 25.0 Å². The lowest BCUT2D eigenvalue weighted by atomic mass is 9.97. The quantitative estimate of drug-likeness (QED) is 0.693. The Morgan fingerprint density at radius 3 is 2.81 bits per heavy atom. The van der Waals surface area contributed by atoms with E-state index in [4.69, 9.17) is 4.74 Å². The van der Waals surface area contributed by atoms with Crippen molar-refractivity contribution >= 4 is 11.8 Å². The van der Waals surface area contributed by atoms with Gasteiger partial charge in [0.25, 0.3) is 0 Å². The number of aromatic nitrogens is 2. The molecule has 0 atom stereocenters. The van der Waals surface area contributed by atoms with Crippen molar-refractivity contribution in [1.82, 2.24) is 10.2 Å². The molecule has 1 saturated heterocycles. The van der Waals surface area contributed by atoms with E-state index in [0.717, 1.165) is 31.7 Å². The number of carbonyl (C=O) groups excluding carboxylic acids is 1. The second kappa shape index (κ2) is 4.92. The molecule has 0 amide bonds. The molecule has 0 saturated carbocycles. The zero-order valence-corrected chi connectivity index (χ0v) is 9.30. The standard InChI is InChI=1S/C11H15N3O2/c1-16-11(15)9-4-7-14(8-5-9)10-3-2-6-12-13-10/h2-3,6,9H,4-5,7-8H2,1H3. The Balaban J connectivity index is 1.93. The van der Waals surface area contributed by atoms with Crippen molar-refractivity contribution in [2.75, 3.05) is 25.1 Å². The van der Waals surface area contributed by atoms with Crippen LogP contribution in [0.1, 0.15) is 12.8 Å². The number of carbonyl (C=O) groups is 1. The van der Waals surface area contributed by atoms with Crippen LogP contribution in [0.3, 0.4) is 0 Å². The summed E-state index contributed by atoms with van der Waals surface area (Å²) in [6.07, 6.45) is 3.30. The van der Waals surface area contributed by atoms with Gasteiger partial charge >= 0.3 is 5.97 Å². The Labute approximate surface area is 94.4 Å². The first kappa shape index (κ1) is 10.9. The maximum absolute atomic E-state index is 11.3. The smallest absolute Gasteiger partial charge is 0.308 e. The van der Waals surface area contributed by atoms with Crippen LogP contribution in [0.4, 0.5) is 5.82 Å². The third kappa shape index (κ3) is 2.29. The molecule has 1 fully saturated rings. The number of piperidine rings is 1. The topological polar surface area (TPSA) is 55.3 Å². The van der Waals surface area contributed by atoms with Crippen LogP contribution >= 0.6 is 0 Å². The minimum atomic E-state index is -0.0983. The van der Waals surface area contributed by atoms with Crippen LogP contribution in [0, 0.1) is 5.92 Å². The lowest BCUT2D eigenvalue weighted by Crippen LogP contribution is -2.37. The molecule has 5 heteroatoms. The summed E-state index contributed by atoms with van der Waals surface area (Å²) >= 11 is 0. The molecule has 0 aromatic carbocycles. The predicted molar refractivity (Wildman–Crippen MR) is 59.0 cm³/mol. The van der Waals surface area contributed by atoms with E-state index in [2.05, 4.69) is 15.1 Å².